The van der Waals surface area contributed by atoms with E-state index in [0.717, 1.165) is 0 Å². The summed E-state index contributed by atoms with van der Waals surface area (Å²) >= 11 is 0. The maximum absolute atomic E-state index is 12.4. The molecule has 2 rings (SSSR count). The highest BCUT2D eigenvalue weighted by atomic mass is 16.6. The number of rotatable bonds is 3. The predicted octanol–water partition coefficient (Wildman–Crippen LogP) is 2.72. The van der Waals surface area contributed by atoms with Gasteiger partial charge in [-0.3, -0.25) is 14.9 Å². The van der Waals surface area contributed by atoms with Gasteiger partial charge in [-0.2, -0.15) is 0 Å². The van der Waals surface area contributed by atoms with Gasteiger partial charge in [-0.15, -0.1) is 0 Å². The molecule has 0 spiro atoms. The van der Waals surface area contributed by atoms with Crippen LogP contribution >= 0.6 is 0 Å². The molecule has 0 saturated carbocycles. The van der Waals surface area contributed by atoms with Crippen molar-refractivity contribution in [1.82, 2.24) is 0 Å². The highest BCUT2D eigenvalue weighted by Crippen LogP contribution is 2.29. The Balaban J connectivity index is 2.60. The molecule has 5 heteroatoms. The Morgan fingerprint density at radius 1 is 1.16 bits per heavy atom. The van der Waals surface area contributed by atoms with E-state index in [1.807, 2.05) is 0 Å². The van der Waals surface area contributed by atoms with E-state index in [1.54, 1.807) is 37.3 Å². The van der Waals surface area contributed by atoms with Gasteiger partial charge in [0.25, 0.3) is 5.69 Å². The molecule has 0 fully saturated rings. The lowest BCUT2D eigenvalue weighted by molar-refractivity contribution is -0.383. The Kier molecular flexibility index (Phi) is 3.29. The summed E-state index contributed by atoms with van der Waals surface area (Å²) < 4.78 is 0. The summed E-state index contributed by atoms with van der Waals surface area (Å²) in [5.41, 5.74) is 6.70. The topological polar surface area (TPSA) is 86.2 Å². The van der Waals surface area contributed by atoms with Crippen molar-refractivity contribution in [3.05, 3.63) is 69.3 Å². The zero-order valence-electron chi connectivity index (χ0n) is 10.3. The van der Waals surface area contributed by atoms with Crippen LogP contribution < -0.4 is 5.73 Å². The lowest BCUT2D eigenvalue weighted by atomic mass is 9.96. The Bertz CT molecular complexity index is 651. The van der Waals surface area contributed by atoms with Crippen LogP contribution in [0.15, 0.2) is 42.5 Å². The molecule has 19 heavy (non-hydrogen) atoms. The van der Waals surface area contributed by atoms with Crippen LogP contribution in [0.5, 0.6) is 0 Å². The molecule has 5 nitrogen and oxygen atoms in total. The minimum Gasteiger partial charge on any atom is -0.393 e. The number of anilines is 1. The standard InChI is InChI=1S/C14H12N2O3/c1-9-7-8-11(16(18)19)13(15)12(9)14(17)10-5-3-2-4-6-10/h2-8H,15H2,1H3. The van der Waals surface area contributed by atoms with Gasteiger partial charge in [0.1, 0.15) is 5.69 Å². The van der Waals surface area contributed by atoms with Gasteiger partial charge < -0.3 is 5.73 Å². The quantitative estimate of drug-likeness (QED) is 0.396. The van der Waals surface area contributed by atoms with E-state index in [1.165, 1.54) is 12.1 Å². The third-order valence-electron chi connectivity index (χ3n) is 2.89. The SMILES string of the molecule is Cc1ccc([N+](=O)[O-])c(N)c1C(=O)c1ccccc1. The second-order valence-electron chi connectivity index (χ2n) is 4.14. The number of hydrogen-bond acceptors (Lipinski definition) is 4. The van der Waals surface area contributed by atoms with Gasteiger partial charge in [0, 0.05) is 11.6 Å². The molecule has 0 saturated heterocycles. The number of carbonyl (C=O) groups excluding carboxylic acids is 1. The molecule has 0 aliphatic carbocycles. The number of aryl methyl sites for hydroxylation is 1. The molecule has 2 aromatic carbocycles. The average Bonchev–Trinajstić information content (AvgIpc) is 2.39. The van der Waals surface area contributed by atoms with Crippen LogP contribution in [0.1, 0.15) is 21.5 Å². The fourth-order valence-corrected chi connectivity index (χ4v) is 1.91. The molecule has 0 bridgehead atoms. The maximum atomic E-state index is 12.4. The zero-order chi connectivity index (χ0) is 14.0. The molecule has 0 atom stereocenters. The van der Waals surface area contributed by atoms with Crippen LogP contribution in [0.3, 0.4) is 0 Å². The summed E-state index contributed by atoms with van der Waals surface area (Å²) in [4.78, 5) is 22.6. The maximum Gasteiger partial charge on any atom is 0.292 e. The van der Waals surface area contributed by atoms with Crippen molar-refractivity contribution in [2.75, 3.05) is 5.73 Å². The second kappa shape index (κ2) is 4.89. The molecule has 0 aliphatic heterocycles. The monoisotopic (exact) mass is 256 g/mol. The summed E-state index contributed by atoms with van der Waals surface area (Å²) in [5.74, 6) is -0.306. The molecule has 2 N–H and O–H groups in total. The van der Waals surface area contributed by atoms with E-state index < -0.39 is 4.92 Å². The summed E-state index contributed by atoms with van der Waals surface area (Å²) in [7, 11) is 0. The molecule has 0 heterocycles. The van der Waals surface area contributed by atoms with E-state index in [4.69, 9.17) is 5.73 Å². The highest BCUT2D eigenvalue weighted by molar-refractivity contribution is 6.14. The summed E-state index contributed by atoms with van der Waals surface area (Å²) in [6, 6.07) is 11.4. The first-order valence-electron chi connectivity index (χ1n) is 5.65. The zero-order valence-corrected chi connectivity index (χ0v) is 10.3. The number of nitro groups is 1. The third kappa shape index (κ3) is 2.30. The second-order valence-corrected chi connectivity index (χ2v) is 4.14. The van der Waals surface area contributed by atoms with Crippen LogP contribution in [-0.4, -0.2) is 10.7 Å². The molecular formula is C14H12N2O3. The fraction of sp³-hybridized carbons (Fsp3) is 0.0714. The minimum atomic E-state index is -0.587. The van der Waals surface area contributed by atoms with Gasteiger partial charge in [-0.1, -0.05) is 36.4 Å². The summed E-state index contributed by atoms with van der Waals surface area (Å²) in [6.07, 6.45) is 0. The minimum absolute atomic E-state index is 0.0844. The number of benzene rings is 2. The van der Waals surface area contributed by atoms with Crippen LogP contribution in [0, 0.1) is 17.0 Å². The smallest absolute Gasteiger partial charge is 0.292 e. The molecule has 0 amide bonds. The van der Waals surface area contributed by atoms with Crippen LogP contribution in [-0.2, 0) is 0 Å². The van der Waals surface area contributed by atoms with Gasteiger partial charge in [-0.25, -0.2) is 0 Å². The van der Waals surface area contributed by atoms with E-state index in [9.17, 15) is 14.9 Å². The Morgan fingerprint density at radius 2 is 1.79 bits per heavy atom. The number of nitrogens with zero attached hydrogens (tertiary/aromatic N) is 1. The van der Waals surface area contributed by atoms with Crippen molar-refractivity contribution in [3.8, 4) is 0 Å². The van der Waals surface area contributed by atoms with E-state index in [0.29, 0.717) is 11.1 Å². The molecule has 0 radical (unpaired) electrons. The van der Waals surface area contributed by atoms with Gasteiger partial charge in [0.15, 0.2) is 5.78 Å². The molecule has 0 aromatic heterocycles. The molecule has 0 aliphatic rings. The molecule has 96 valence electrons. The van der Waals surface area contributed by atoms with Crippen LogP contribution in [0.2, 0.25) is 0 Å². The Labute approximate surface area is 109 Å². The average molecular weight is 256 g/mol. The van der Waals surface area contributed by atoms with Gasteiger partial charge in [0.05, 0.1) is 10.5 Å². The molecule has 0 unspecified atom stereocenters. The van der Waals surface area contributed by atoms with Crippen LogP contribution in [0.25, 0.3) is 0 Å². The molecular weight excluding hydrogens is 244 g/mol. The van der Waals surface area contributed by atoms with E-state index in [-0.39, 0.29) is 22.7 Å². The number of ketones is 1. The predicted molar refractivity (Wildman–Crippen MR) is 72.1 cm³/mol. The van der Waals surface area contributed by atoms with Gasteiger partial charge >= 0.3 is 0 Å². The number of nitrogen functional groups attached to an aromatic ring is 1. The lowest BCUT2D eigenvalue weighted by Gasteiger charge is -2.08. The molecule has 2 aromatic rings. The largest absolute Gasteiger partial charge is 0.393 e. The first-order valence-corrected chi connectivity index (χ1v) is 5.65. The first-order chi connectivity index (χ1) is 9.02. The summed E-state index contributed by atoms with van der Waals surface area (Å²) in [5, 5.41) is 10.9. The van der Waals surface area contributed by atoms with Crippen molar-refractivity contribution in [1.29, 1.82) is 0 Å². The Morgan fingerprint density at radius 3 is 2.37 bits per heavy atom. The van der Waals surface area contributed by atoms with Crippen molar-refractivity contribution < 1.29 is 9.72 Å². The van der Waals surface area contributed by atoms with Crippen molar-refractivity contribution >= 4 is 17.2 Å². The van der Waals surface area contributed by atoms with E-state index in [2.05, 4.69) is 0 Å². The highest BCUT2D eigenvalue weighted by Gasteiger charge is 2.22. The normalized spacial score (nSPS) is 10.2. The van der Waals surface area contributed by atoms with Crippen molar-refractivity contribution in [2.45, 2.75) is 6.92 Å². The number of nitrogens with two attached hydrogens (primary N) is 1. The van der Waals surface area contributed by atoms with Gasteiger partial charge in [0.2, 0.25) is 0 Å². The summed E-state index contributed by atoms with van der Waals surface area (Å²) in [6.45, 7) is 1.70. The third-order valence-corrected chi connectivity index (χ3v) is 2.89. The number of carbonyl (C=O) groups is 1. The first kappa shape index (κ1) is 12.8. The van der Waals surface area contributed by atoms with Gasteiger partial charge in [-0.05, 0) is 12.5 Å². The lowest BCUT2D eigenvalue weighted by Crippen LogP contribution is -2.09. The Hall–Kier alpha value is -2.69. The number of nitro benzene ring substituents is 1. The van der Waals surface area contributed by atoms with Crippen molar-refractivity contribution in [3.63, 3.8) is 0 Å². The number of hydrogen-bond donors (Lipinski definition) is 1. The van der Waals surface area contributed by atoms with E-state index >= 15 is 0 Å². The van der Waals surface area contributed by atoms with Crippen LogP contribution in [0.4, 0.5) is 11.4 Å². The fourth-order valence-electron chi connectivity index (χ4n) is 1.91. The van der Waals surface area contributed by atoms with Crippen molar-refractivity contribution in [2.24, 2.45) is 0 Å².